The van der Waals surface area contributed by atoms with Gasteiger partial charge in [0.25, 0.3) is 0 Å². The highest BCUT2D eigenvalue weighted by Gasteiger charge is 2.32. The van der Waals surface area contributed by atoms with Crippen molar-refractivity contribution in [2.24, 2.45) is 0 Å². The minimum atomic E-state index is -0.522. The lowest BCUT2D eigenvalue weighted by molar-refractivity contribution is -0.120. The second kappa shape index (κ2) is 7.04. The summed E-state index contributed by atoms with van der Waals surface area (Å²) in [5.41, 5.74) is -0.522. The molecule has 4 nitrogen and oxygen atoms in total. The van der Waals surface area contributed by atoms with E-state index in [9.17, 15) is 9.59 Å². The third kappa shape index (κ3) is 5.02. The Labute approximate surface area is 143 Å². The number of hydrogen-bond acceptors (Lipinski definition) is 4. The molecule has 1 aliphatic rings. The highest BCUT2D eigenvalue weighted by molar-refractivity contribution is 9.10. The van der Waals surface area contributed by atoms with Gasteiger partial charge in [-0.3, -0.25) is 4.79 Å². The molecule has 0 aromatic heterocycles. The molecule has 1 atom stereocenters. The summed E-state index contributed by atoms with van der Waals surface area (Å²) in [7, 11) is 0. The van der Waals surface area contributed by atoms with Crippen LogP contribution in [0, 0.1) is 0 Å². The molecule has 1 amide bonds. The van der Waals surface area contributed by atoms with E-state index in [-0.39, 0.29) is 17.1 Å². The third-order valence-electron chi connectivity index (χ3n) is 3.10. The number of piperidine rings is 1. The van der Waals surface area contributed by atoms with Crippen molar-refractivity contribution in [2.45, 2.75) is 42.9 Å². The number of amides is 1. The molecule has 0 radical (unpaired) electrons. The van der Waals surface area contributed by atoms with Crippen LogP contribution in [0.5, 0.6) is 0 Å². The summed E-state index contributed by atoms with van der Waals surface area (Å²) in [4.78, 5) is 26.9. The Morgan fingerprint density at radius 1 is 1.41 bits per heavy atom. The van der Waals surface area contributed by atoms with E-state index in [1.165, 1.54) is 11.8 Å². The largest absolute Gasteiger partial charge is 0.444 e. The lowest BCUT2D eigenvalue weighted by Gasteiger charge is -2.33. The standard InChI is InChI=1S/C16H20BrNO3S/c1-16(2,3)21-15(20)18-8-7-13(19)14(10-18)22-12-6-4-5-11(17)9-12/h4-6,9,14H,7-8,10H2,1-3H3. The van der Waals surface area contributed by atoms with Crippen molar-refractivity contribution in [3.8, 4) is 0 Å². The van der Waals surface area contributed by atoms with Crippen molar-refractivity contribution in [3.05, 3.63) is 28.7 Å². The summed E-state index contributed by atoms with van der Waals surface area (Å²) in [6.45, 7) is 6.35. The first-order valence-corrected chi connectivity index (χ1v) is 8.85. The number of likely N-dealkylation sites (tertiary alicyclic amines) is 1. The van der Waals surface area contributed by atoms with Crippen LogP contribution in [-0.2, 0) is 9.53 Å². The van der Waals surface area contributed by atoms with Gasteiger partial charge in [0.2, 0.25) is 0 Å². The molecular weight excluding hydrogens is 366 g/mol. The number of carbonyl (C=O) groups excluding carboxylic acids is 2. The van der Waals surface area contributed by atoms with Gasteiger partial charge in [-0.1, -0.05) is 22.0 Å². The molecule has 1 aromatic carbocycles. The molecule has 1 heterocycles. The lowest BCUT2D eigenvalue weighted by atomic mass is 10.1. The minimum absolute atomic E-state index is 0.185. The highest BCUT2D eigenvalue weighted by atomic mass is 79.9. The molecule has 1 fully saturated rings. The zero-order valence-corrected chi connectivity index (χ0v) is 15.4. The Balaban J connectivity index is 2.02. The summed E-state index contributed by atoms with van der Waals surface area (Å²) in [5.74, 6) is 0.185. The fourth-order valence-corrected chi connectivity index (χ4v) is 3.83. The summed E-state index contributed by atoms with van der Waals surface area (Å²) < 4.78 is 6.37. The maximum atomic E-state index is 12.1. The number of Topliss-reactive ketones (excluding diaryl/α,β-unsaturated/α-hetero) is 1. The van der Waals surface area contributed by atoms with Crippen molar-refractivity contribution in [1.82, 2.24) is 4.90 Å². The second-order valence-electron chi connectivity index (χ2n) is 6.21. The molecular formula is C16H20BrNO3S. The van der Waals surface area contributed by atoms with Crippen molar-refractivity contribution in [3.63, 3.8) is 0 Å². The van der Waals surface area contributed by atoms with Crippen molar-refractivity contribution in [2.75, 3.05) is 13.1 Å². The van der Waals surface area contributed by atoms with Crippen LogP contribution in [0.15, 0.2) is 33.6 Å². The second-order valence-corrected chi connectivity index (χ2v) is 8.40. The van der Waals surface area contributed by atoms with E-state index in [0.29, 0.717) is 19.5 Å². The van der Waals surface area contributed by atoms with E-state index in [1.807, 2.05) is 45.0 Å². The third-order valence-corrected chi connectivity index (χ3v) is 4.82. The first-order chi connectivity index (χ1) is 10.2. The Kier molecular flexibility index (Phi) is 5.55. The average molecular weight is 386 g/mol. The molecule has 0 saturated carbocycles. The molecule has 0 N–H and O–H groups in total. The Bertz CT molecular complexity index is 571. The van der Waals surface area contributed by atoms with Gasteiger partial charge in [0.05, 0.1) is 5.25 Å². The molecule has 0 spiro atoms. The number of carbonyl (C=O) groups is 2. The average Bonchev–Trinajstić information content (AvgIpc) is 2.39. The molecule has 1 aliphatic heterocycles. The van der Waals surface area contributed by atoms with Crippen LogP contribution in [0.25, 0.3) is 0 Å². The lowest BCUT2D eigenvalue weighted by Crippen LogP contribution is -2.47. The Morgan fingerprint density at radius 2 is 2.14 bits per heavy atom. The van der Waals surface area contributed by atoms with Crippen molar-refractivity contribution >= 4 is 39.6 Å². The van der Waals surface area contributed by atoms with Gasteiger partial charge in [-0.25, -0.2) is 4.79 Å². The maximum absolute atomic E-state index is 12.1. The number of thioether (sulfide) groups is 1. The molecule has 0 bridgehead atoms. The predicted octanol–water partition coefficient (Wildman–Crippen LogP) is 4.12. The summed E-state index contributed by atoms with van der Waals surface area (Å²) in [5, 5.41) is -0.240. The smallest absolute Gasteiger partial charge is 0.410 e. The molecule has 2 rings (SSSR count). The SMILES string of the molecule is CC(C)(C)OC(=O)N1CCC(=O)C(Sc2cccc(Br)c2)C1. The first-order valence-electron chi connectivity index (χ1n) is 7.17. The van der Waals surface area contributed by atoms with Crippen LogP contribution in [0.1, 0.15) is 27.2 Å². The Hall–Kier alpha value is -1.01. The van der Waals surface area contributed by atoms with E-state index in [4.69, 9.17) is 4.74 Å². The van der Waals surface area contributed by atoms with Gasteiger partial charge < -0.3 is 9.64 Å². The van der Waals surface area contributed by atoms with Gasteiger partial charge in [0.15, 0.2) is 0 Å². The summed E-state index contributed by atoms with van der Waals surface area (Å²) in [6, 6.07) is 7.82. The van der Waals surface area contributed by atoms with Crippen LogP contribution in [0.4, 0.5) is 4.79 Å². The monoisotopic (exact) mass is 385 g/mol. The molecule has 0 aliphatic carbocycles. The van der Waals surface area contributed by atoms with Crippen LogP contribution >= 0.6 is 27.7 Å². The maximum Gasteiger partial charge on any atom is 0.410 e. The van der Waals surface area contributed by atoms with Crippen LogP contribution < -0.4 is 0 Å². The van der Waals surface area contributed by atoms with E-state index in [1.54, 1.807) is 4.90 Å². The quantitative estimate of drug-likeness (QED) is 0.767. The van der Waals surface area contributed by atoms with E-state index in [2.05, 4.69) is 15.9 Å². The number of rotatable bonds is 2. The molecule has 1 aromatic rings. The zero-order chi connectivity index (χ0) is 16.3. The predicted molar refractivity (Wildman–Crippen MR) is 91.2 cm³/mol. The van der Waals surface area contributed by atoms with Crippen LogP contribution in [0.3, 0.4) is 0 Å². The zero-order valence-electron chi connectivity index (χ0n) is 13.0. The fraction of sp³-hybridized carbons (Fsp3) is 0.500. The van der Waals surface area contributed by atoms with Crippen LogP contribution in [-0.4, -0.2) is 40.7 Å². The van der Waals surface area contributed by atoms with Gasteiger partial charge in [-0.2, -0.15) is 0 Å². The van der Waals surface area contributed by atoms with E-state index in [0.717, 1.165) is 9.37 Å². The summed E-state index contributed by atoms with van der Waals surface area (Å²) >= 11 is 4.92. The molecule has 22 heavy (non-hydrogen) atoms. The van der Waals surface area contributed by atoms with Gasteiger partial charge in [0.1, 0.15) is 11.4 Å². The number of ketones is 1. The number of benzene rings is 1. The summed E-state index contributed by atoms with van der Waals surface area (Å²) in [6.07, 6.45) is 0.0325. The van der Waals surface area contributed by atoms with Gasteiger partial charge in [-0.15, -0.1) is 11.8 Å². The van der Waals surface area contributed by atoms with E-state index < -0.39 is 5.60 Å². The molecule has 6 heteroatoms. The molecule has 1 unspecified atom stereocenters. The normalized spacial score (nSPS) is 19.2. The number of hydrogen-bond donors (Lipinski definition) is 0. The molecule has 1 saturated heterocycles. The van der Waals surface area contributed by atoms with E-state index >= 15 is 0 Å². The van der Waals surface area contributed by atoms with Gasteiger partial charge in [0, 0.05) is 28.9 Å². The molecule has 120 valence electrons. The minimum Gasteiger partial charge on any atom is -0.444 e. The topological polar surface area (TPSA) is 46.6 Å². The van der Waals surface area contributed by atoms with Crippen molar-refractivity contribution < 1.29 is 14.3 Å². The fourth-order valence-electron chi connectivity index (χ4n) is 2.10. The highest BCUT2D eigenvalue weighted by Crippen LogP contribution is 2.30. The van der Waals surface area contributed by atoms with Crippen molar-refractivity contribution in [1.29, 1.82) is 0 Å². The number of halogens is 1. The van der Waals surface area contributed by atoms with Gasteiger partial charge >= 0.3 is 6.09 Å². The number of nitrogens with zero attached hydrogens (tertiary/aromatic N) is 1. The van der Waals surface area contributed by atoms with Crippen LogP contribution in [0.2, 0.25) is 0 Å². The Morgan fingerprint density at radius 3 is 2.77 bits per heavy atom. The number of ether oxygens (including phenoxy) is 1. The first kappa shape index (κ1) is 17.3. The van der Waals surface area contributed by atoms with Gasteiger partial charge in [-0.05, 0) is 39.0 Å².